The lowest BCUT2D eigenvalue weighted by atomic mass is 9.99. The Morgan fingerprint density at radius 3 is 2.22 bits per heavy atom. The van der Waals surface area contributed by atoms with E-state index in [0.29, 0.717) is 25.6 Å². The zero-order valence-electron chi connectivity index (χ0n) is 14.9. The van der Waals surface area contributed by atoms with Crippen LogP contribution in [0.15, 0.2) is 48.5 Å². The lowest BCUT2D eigenvalue weighted by Crippen LogP contribution is -2.51. The maximum atomic E-state index is 12.5. The molecule has 2 aromatic rings. The monoisotopic (exact) mass is 366 g/mol. The number of benzene rings is 2. The lowest BCUT2D eigenvalue weighted by molar-refractivity contribution is 0.191. The number of hydrogen-bond acceptors (Lipinski definition) is 3. The standard InChI is InChI=1S/C20H22N4O3/c25-19(24-12-15-3-1-2-4-16(15)13-24)22-17-5-7-18(8-6-17)23-10-14(11-23)9-21-20(26)27/h1-8,14,21H,9-13H2,(H,22,25)(H,26,27). The molecular formula is C20H22N4O3. The highest BCUT2D eigenvalue weighted by molar-refractivity contribution is 5.90. The Kier molecular flexibility index (Phi) is 4.58. The van der Waals surface area contributed by atoms with Crippen LogP contribution >= 0.6 is 0 Å². The van der Waals surface area contributed by atoms with Crippen LogP contribution < -0.4 is 15.5 Å². The van der Waals surface area contributed by atoms with Gasteiger partial charge in [0.2, 0.25) is 0 Å². The zero-order chi connectivity index (χ0) is 18.8. The third-order valence-electron chi connectivity index (χ3n) is 5.11. The van der Waals surface area contributed by atoms with E-state index in [1.165, 1.54) is 11.1 Å². The van der Waals surface area contributed by atoms with Gasteiger partial charge in [0.15, 0.2) is 0 Å². The quantitative estimate of drug-likeness (QED) is 0.777. The van der Waals surface area contributed by atoms with Crippen molar-refractivity contribution in [3.05, 3.63) is 59.7 Å². The van der Waals surface area contributed by atoms with Gasteiger partial charge in [-0.1, -0.05) is 24.3 Å². The van der Waals surface area contributed by atoms with Gasteiger partial charge in [0.05, 0.1) is 0 Å². The highest BCUT2D eigenvalue weighted by Crippen LogP contribution is 2.27. The summed E-state index contributed by atoms with van der Waals surface area (Å²) >= 11 is 0. The molecule has 2 aromatic carbocycles. The summed E-state index contributed by atoms with van der Waals surface area (Å²) in [5.74, 6) is 0.345. The van der Waals surface area contributed by atoms with Crippen molar-refractivity contribution >= 4 is 23.5 Å². The second kappa shape index (κ2) is 7.19. The molecule has 2 heterocycles. The number of carbonyl (C=O) groups is 2. The van der Waals surface area contributed by atoms with Gasteiger partial charge in [-0.25, -0.2) is 9.59 Å². The molecule has 0 spiro atoms. The van der Waals surface area contributed by atoms with Crippen LogP contribution in [0.1, 0.15) is 11.1 Å². The molecule has 1 saturated heterocycles. The molecular weight excluding hydrogens is 344 g/mol. The van der Waals surface area contributed by atoms with Gasteiger partial charge in [-0.05, 0) is 35.4 Å². The summed E-state index contributed by atoms with van der Waals surface area (Å²) in [7, 11) is 0. The number of carboxylic acid groups (broad SMARTS) is 1. The third-order valence-corrected chi connectivity index (χ3v) is 5.11. The van der Waals surface area contributed by atoms with Gasteiger partial charge < -0.3 is 25.5 Å². The van der Waals surface area contributed by atoms with E-state index in [0.717, 1.165) is 24.5 Å². The fourth-order valence-corrected chi connectivity index (χ4v) is 3.58. The maximum Gasteiger partial charge on any atom is 0.404 e. The molecule has 7 nitrogen and oxygen atoms in total. The first kappa shape index (κ1) is 17.2. The highest BCUT2D eigenvalue weighted by Gasteiger charge is 2.27. The third kappa shape index (κ3) is 3.81. The number of rotatable bonds is 4. The molecule has 3 amide bonds. The molecule has 1 fully saturated rings. The molecule has 0 aromatic heterocycles. The van der Waals surface area contributed by atoms with Crippen LogP contribution in [-0.4, -0.2) is 41.8 Å². The van der Waals surface area contributed by atoms with E-state index >= 15 is 0 Å². The average molecular weight is 366 g/mol. The van der Waals surface area contributed by atoms with Gasteiger partial charge in [0.1, 0.15) is 0 Å². The lowest BCUT2D eigenvalue weighted by Gasteiger charge is -2.41. The van der Waals surface area contributed by atoms with E-state index in [1.807, 2.05) is 36.4 Å². The van der Waals surface area contributed by atoms with Gasteiger partial charge in [0, 0.05) is 50.0 Å². The Bertz CT molecular complexity index is 822. The highest BCUT2D eigenvalue weighted by atomic mass is 16.4. The first-order valence-electron chi connectivity index (χ1n) is 9.03. The minimum Gasteiger partial charge on any atom is -0.465 e. The number of fused-ring (bicyclic) bond motifs is 1. The van der Waals surface area contributed by atoms with Crippen molar-refractivity contribution in [1.82, 2.24) is 10.2 Å². The van der Waals surface area contributed by atoms with Crippen molar-refractivity contribution in [3.8, 4) is 0 Å². The van der Waals surface area contributed by atoms with E-state index in [4.69, 9.17) is 5.11 Å². The predicted molar refractivity (Wildman–Crippen MR) is 103 cm³/mol. The smallest absolute Gasteiger partial charge is 0.404 e. The van der Waals surface area contributed by atoms with Crippen molar-refractivity contribution in [2.75, 3.05) is 29.9 Å². The first-order chi connectivity index (χ1) is 13.1. The molecule has 0 unspecified atom stereocenters. The van der Waals surface area contributed by atoms with Crippen LogP contribution in [0.2, 0.25) is 0 Å². The summed E-state index contributed by atoms with van der Waals surface area (Å²) in [6.07, 6.45) is -0.977. The van der Waals surface area contributed by atoms with Crippen LogP contribution in [0.25, 0.3) is 0 Å². The number of urea groups is 1. The van der Waals surface area contributed by atoms with Gasteiger partial charge in [-0.3, -0.25) is 0 Å². The number of nitrogens with zero attached hydrogens (tertiary/aromatic N) is 2. The minimum atomic E-state index is -0.977. The molecule has 27 heavy (non-hydrogen) atoms. The summed E-state index contributed by atoms with van der Waals surface area (Å²) in [6, 6.07) is 15.8. The van der Waals surface area contributed by atoms with Crippen molar-refractivity contribution < 1.29 is 14.7 Å². The summed E-state index contributed by atoms with van der Waals surface area (Å²) < 4.78 is 0. The van der Waals surface area contributed by atoms with Crippen molar-refractivity contribution in [1.29, 1.82) is 0 Å². The van der Waals surface area contributed by atoms with E-state index in [2.05, 4.69) is 27.7 Å². The minimum absolute atomic E-state index is 0.0947. The van der Waals surface area contributed by atoms with E-state index in [-0.39, 0.29) is 6.03 Å². The normalized spacial score (nSPS) is 15.9. The van der Waals surface area contributed by atoms with Crippen molar-refractivity contribution in [2.45, 2.75) is 13.1 Å². The van der Waals surface area contributed by atoms with E-state index < -0.39 is 6.09 Å². The van der Waals surface area contributed by atoms with Gasteiger partial charge >= 0.3 is 12.1 Å². The van der Waals surface area contributed by atoms with Crippen LogP contribution in [-0.2, 0) is 13.1 Å². The zero-order valence-corrected chi connectivity index (χ0v) is 14.9. The van der Waals surface area contributed by atoms with Crippen LogP contribution in [0.4, 0.5) is 21.0 Å². The van der Waals surface area contributed by atoms with Gasteiger partial charge in [-0.2, -0.15) is 0 Å². The summed E-state index contributed by atoms with van der Waals surface area (Å²) in [4.78, 5) is 27.0. The summed E-state index contributed by atoms with van der Waals surface area (Å²) in [5.41, 5.74) is 4.25. The van der Waals surface area contributed by atoms with Gasteiger partial charge in [-0.15, -0.1) is 0 Å². The van der Waals surface area contributed by atoms with Crippen LogP contribution in [0.5, 0.6) is 0 Å². The molecule has 0 saturated carbocycles. The number of carbonyl (C=O) groups excluding carboxylic acids is 1. The largest absolute Gasteiger partial charge is 0.465 e. The number of anilines is 2. The van der Waals surface area contributed by atoms with E-state index in [1.54, 1.807) is 4.90 Å². The second-order valence-corrected chi connectivity index (χ2v) is 7.06. The van der Waals surface area contributed by atoms with Crippen molar-refractivity contribution in [2.24, 2.45) is 5.92 Å². The molecule has 2 aliphatic rings. The number of hydrogen-bond donors (Lipinski definition) is 3. The average Bonchev–Trinajstić information content (AvgIpc) is 3.06. The molecule has 0 atom stereocenters. The SMILES string of the molecule is O=C(O)NCC1CN(c2ccc(NC(=O)N3Cc4ccccc4C3)cc2)C1. The van der Waals surface area contributed by atoms with Gasteiger partial charge in [0.25, 0.3) is 0 Å². The molecule has 0 bridgehead atoms. The fourth-order valence-electron chi connectivity index (χ4n) is 3.58. The molecule has 4 rings (SSSR count). The summed E-state index contributed by atoms with van der Waals surface area (Å²) in [5, 5.41) is 14.0. The van der Waals surface area contributed by atoms with E-state index in [9.17, 15) is 9.59 Å². The fraction of sp³-hybridized carbons (Fsp3) is 0.300. The molecule has 0 aliphatic carbocycles. The Labute approximate surface area is 157 Å². The molecule has 140 valence electrons. The Morgan fingerprint density at radius 2 is 1.63 bits per heavy atom. The molecule has 2 aliphatic heterocycles. The molecule has 3 N–H and O–H groups in total. The number of amides is 3. The first-order valence-corrected chi connectivity index (χ1v) is 9.03. The number of nitrogens with one attached hydrogen (secondary N) is 2. The summed E-state index contributed by atoms with van der Waals surface area (Å²) in [6.45, 7) is 3.42. The topological polar surface area (TPSA) is 84.9 Å². The molecule has 7 heteroatoms. The van der Waals surface area contributed by atoms with Crippen LogP contribution in [0.3, 0.4) is 0 Å². The Morgan fingerprint density at radius 1 is 1.00 bits per heavy atom. The predicted octanol–water partition coefficient (Wildman–Crippen LogP) is 2.94. The Balaban J connectivity index is 1.28. The van der Waals surface area contributed by atoms with Crippen LogP contribution in [0, 0.1) is 5.92 Å². The van der Waals surface area contributed by atoms with Crippen molar-refractivity contribution in [3.63, 3.8) is 0 Å². The Hall–Kier alpha value is -3.22. The molecule has 0 radical (unpaired) electrons. The second-order valence-electron chi connectivity index (χ2n) is 7.06. The maximum absolute atomic E-state index is 12.5.